The number of carbonyl (C=O) groups is 1. The number of fused-ring (bicyclic) bond motifs is 1. The molecule has 0 bridgehead atoms. The van der Waals surface area contributed by atoms with E-state index in [1.165, 1.54) is 22.9 Å². The van der Waals surface area contributed by atoms with Crippen molar-refractivity contribution in [2.75, 3.05) is 22.6 Å². The van der Waals surface area contributed by atoms with Crippen molar-refractivity contribution in [2.24, 2.45) is 0 Å². The number of nitrogens with zero attached hydrogens (tertiary/aromatic N) is 4. The SMILES string of the molecule is Cc1nc(NCc2cnn(Cc3c(F)cccc3F)c2)cc2c1NC(=O)[C@H](C)N2C.S. The smallest absolute Gasteiger partial charge is 0.246 e. The van der Waals surface area contributed by atoms with Gasteiger partial charge >= 0.3 is 0 Å². The van der Waals surface area contributed by atoms with Crippen molar-refractivity contribution in [1.29, 1.82) is 0 Å². The molecule has 1 aromatic carbocycles. The number of hydrogen-bond acceptors (Lipinski definition) is 5. The molecular formula is C21H24F2N6OS. The summed E-state index contributed by atoms with van der Waals surface area (Å²) in [5.74, 6) is -0.586. The summed E-state index contributed by atoms with van der Waals surface area (Å²) in [7, 11) is 1.87. The van der Waals surface area contributed by atoms with Crippen LogP contribution in [0, 0.1) is 18.6 Å². The second-order valence-electron chi connectivity index (χ2n) is 7.36. The lowest BCUT2D eigenvalue weighted by molar-refractivity contribution is -0.117. The number of halogens is 2. The third kappa shape index (κ3) is 4.48. The maximum Gasteiger partial charge on any atom is 0.246 e. The zero-order valence-electron chi connectivity index (χ0n) is 17.4. The molecule has 1 atom stereocenters. The van der Waals surface area contributed by atoms with E-state index >= 15 is 0 Å². The van der Waals surface area contributed by atoms with Gasteiger partial charge in [0.1, 0.15) is 23.5 Å². The van der Waals surface area contributed by atoms with Gasteiger partial charge in [0.05, 0.1) is 29.8 Å². The lowest BCUT2D eigenvalue weighted by atomic mass is 10.1. The molecule has 0 spiro atoms. The normalized spacial score (nSPS) is 15.2. The monoisotopic (exact) mass is 446 g/mol. The van der Waals surface area contributed by atoms with Crippen molar-refractivity contribution in [3.05, 3.63) is 65.1 Å². The molecule has 2 aromatic heterocycles. The minimum absolute atomic E-state index is 0. The van der Waals surface area contributed by atoms with Gasteiger partial charge in [0.2, 0.25) is 5.91 Å². The molecular weight excluding hydrogens is 422 g/mol. The predicted octanol–water partition coefficient (Wildman–Crippen LogP) is 3.41. The Balaban J connectivity index is 0.00000272. The summed E-state index contributed by atoms with van der Waals surface area (Å²) in [6, 6.07) is 5.41. The van der Waals surface area contributed by atoms with Gasteiger partial charge in [-0.25, -0.2) is 13.8 Å². The van der Waals surface area contributed by atoms with Gasteiger partial charge in [0.15, 0.2) is 0 Å². The summed E-state index contributed by atoms with van der Waals surface area (Å²) in [6.07, 6.45) is 3.38. The van der Waals surface area contributed by atoms with Crippen molar-refractivity contribution < 1.29 is 13.6 Å². The number of benzene rings is 1. The highest BCUT2D eigenvalue weighted by atomic mass is 32.1. The lowest BCUT2D eigenvalue weighted by Crippen LogP contribution is -2.44. The van der Waals surface area contributed by atoms with Gasteiger partial charge in [0.25, 0.3) is 0 Å². The standard InChI is InChI=1S/C21H22F2N6O.H2S/c1-12-20-18(28(3)13(2)21(30)27-20)7-19(26-12)24-8-14-9-25-29(10-14)11-15-16(22)5-4-6-17(15)23;/h4-7,9-10,13H,8,11H2,1-3H3,(H,24,26)(H,27,30);1H2/t13-;/m0./s1. The fourth-order valence-electron chi connectivity index (χ4n) is 3.41. The molecule has 0 radical (unpaired) electrons. The van der Waals surface area contributed by atoms with E-state index in [9.17, 15) is 13.6 Å². The first-order valence-electron chi connectivity index (χ1n) is 9.57. The van der Waals surface area contributed by atoms with E-state index in [1.54, 1.807) is 12.4 Å². The topological polar surface area (TPSA) is 75.1 Å². The molecule has 0 fully saturated rings. The summed E-state index contributed by atoms with van der Waals surface area (Å²) in [5, 5.41) is 10.3. The van der Waals surface area contributed by atoms with Crippen LogP contribution in [0.3, 0.4) is 0 Å². The van der Waals surface area contributed by atoms with Crippen molar-refractivity contribution in [2.45, 2.75) is 33.0 Å². The van der Waals surface area contributed by atoms with Crippen molar-refractivity contribution in [1.82, 2.24) is 14.8 Å². The van der Waals surface area contributed by atoms with Crippen LogP contribution in [0.2, 0.25) is 0 Å². The van der Waals surface area contributed by atoms with Crippen LogP contribution < -0.4 is 15.5 Å². The minimum atomic E-state index is -0.593. The third-order valence-electron chi connectivity index (χ3n) is 5.31. The van der Waals surface area contributed by atoms with Gasteiger partial charge in [-0.05, 0) is 26.0 Å². The van der Waals surface area contributed by atoms with Gasteiger partial charge in [-0.1, -0.05) is 6.07 Å². The van der Waals surface area contributed by atoms with E-state index in [0.717, 1.165) is 11.3 Å². The van der Waals surface area contributed by atoms with E-state index in [4.69, 9.17) is 0 Å². The summed E-state index contributed by atoms with van der Waals surface area (Å²) < 4.78 is 29.2. The lowest BCUT2D eigenvalue weighted by Gasteiger charge is -2.34. The van der Waals surface area contributed by atoms with Crippen LogP contribution in [0.25, 0.3) is 0 Å². The highest BCUT2D eigenvalue weighted by Crippen LogP contribution is 2.34. The Morgan fingerprint density at radius 2 is 1.97 bits per heavy atom. The number of aryl methyl sites for hydroxylation is 1. The zero-order chi connectivity index (χ0) is 21.4. The van der Waals surface area contributed by atoms with Crippen molar-refractivity contribution in [3.8, 4) is 0 Å². The number of aromatic nitrogens is 3. The molecule has 10 heteroatoms. The Kier molecular flexibility index (Phi) is 6.49. The Morgan fingerprint density at radius 1 is 1.26 bits per heavy atom. The van der Waals surface area contributed by atoms with Crippen LogP contribution in [0.15, 0.2) is 36.7 Å². The number of likely N-dealkylation sites (N-methyl/N-ethyl adjacent to an activating group) is 1. The van der Waals surface area contributed by atoms with E-state index in [2.05, 4.69) is 20.7 Å². The first kappa shape index (κ1) is 22.5. The number of rotatable bonds is 5. The summed E-state index contributed by atoms with van der Waals surface area (Å²) in [4.78, 5) is 18.5. The molecule has 1 aliphatic rings. The summed E-state index contributed by atoms with van der Waals surface area (Å²) in [6.45, 7) is 4.14. The molecule has 31 heavy (non-hydrogen) atoms. The number of anilines is 3. The maximum atomic E-state index is 13.8. The molecule has 4 rings (SSSR count). The number of hydrogen-bond donors (Lipinski definition) is 2. The quantitative estimate of drug-likeness (QED) is 0.628. The Hall–Kier alpha value is -3.14. The average molecular weight is 447 g/mol. The summed E-state index contributed by atoms with van der Waals surface area (Å²) >= 11 is 0. The zero-order valence-corrected chi connectivity index (χ0v) is 18.4. The fourth-order valence-corrected chi connectivity index (χ4v) is 3.41. The predicted molar refractivity (Wildman–Crippen MR) is 121 cm³/mol. The van der Waals surface area contributed by atoms with Crippen molar-refractivity contribution in [3.63, 3.8) is 0 Å². The van der Waals surface area contributed by atoms with Gasteiger partial charge in [-0.15, -0.1) is 0 Å². The van der Waals surface area contributed by atoms with Crippen LogP contribution in [-0.4, -0.2) is 33.8 Å². The molecule has 3 heterocycles. The molecule has 0 saturated heterocycles. The van der Waals surface area contributed by atoms with Gasteiger partial charge in [-0.3, -0.25) is 9.48 Å². The van der Waals surface area contributed by atoms with Crippen molar-refractivity contribution >= 4 is 36.6 Å². The van der Waals surface area contributed by atoms with Crippen LogP contribution in [0.4, 0.5) is 26.0 Å². The molecule has 7 nitrogen and oxygen atoms in total. The van der Waals surface area contributed by atoms with Crippen LogP contribution >= 0.6 is 13.5 Å². The second-order valence-corrected chi connectivity index (χ2v) is 7.36. The largest absolute Gasteiger partial charge is 0.366 e. The molecule has 3 aromatic rings. The highest BCUT2D eigenvalue weighted by molar-refractivity contribution is 7.59. The number of pyridine rings is 1. The number of nitrogens with one attached hydrogen (secondary N) is 2. The highest BCUT2D eigenvalue weighted by Gasteiger charge is 2.28. The summed E-state index contributed by atoms with van der Waals surface area (Å²) in [5.41, 5.74) is 3.15. The Labute approximate surface area is 185 Å². The van der Waals surface area contributed by atoms with Crippen LogP contribution in [-0.2, 0) is 17.9 Å². The fraction of sp³-hybridized carbons (Fsp3) is 0.286. The van der Waals surface area contributed by atoms with E-state index < -0.39 is 11.6 Å². The first-order chi connectivity index (χ1) is 14.3. The molecule has 164 valence electrons. The van der Waals surface area contributed by atoms with Gasteiger partial charge in [0, 0.05) is 37.0 Å². The van der Waals surface area contributed by atoms with Crippen LogP contribution in [0.5, 0.6) is 0 Å². The maximum absolute atomic E-state index is 13.8. The van der Waals surface area contributed by atoms with Gasteiger partial charge < -0.3 is 15.5 Å². The molecule has 2 N–H and O–H groups in total. The first-order valence-corrected chi connectivity index (χ1v) is 9.57. The van der Waals surface area contributed by atoms with Gasteiger partial charge in [-0.2, -0.15) is 18.6 Å². The Bertz CT molecular complexity index is 1100. The van der Waals surface area contributed by atoms with E-state index in [0.29, 0.717) is 23.7 Å². The minimum Gasteiger partial charge on any atom is -0.366 e. The molecule has 0 aliphatic carbocycles. The van der Waals surface area contributed by atoms with E-state index in [1.807, 2.05) is 31.9 Å². The molecule has 1 aliphatic heterocycles. The molecule has 1 amide bonds. The van der Waals surface area contributed by atoms with E-state index in [-0.39, 0.29) is 37.6 Å². The average Bonchev–Trinajstić information content (AvgIpc) is 3.16. The molecule has 0 unspecified atom stereocenters. The number of amides is 1. The third-order valence-corrected chi connectivity index (χ3v) is 5.31. The van der Waals surface area contributed by atoms with Crippen LogP contribution in [0.1, 0.15) is 23.7 Å². The number of carbonyl (C=O) groups excluding carboxylic acids is 1. The molecule has 0 saturated carbocycles. The Morgan fingerprint density at radius 3 is 2.68 bits per heavy atom. The second kappa shape index (κ2) is 8.93.